The second-order valence-corrected chi connectivity index (χ2v) is 6.43. The van der Waals surface area contributed by atoms with E-state index >= 15 is 0 Å². The Morgan fingerprint density at radius 3 is 2.21 bits per heavy atom. The van der Waals surface area contributed by atoms with Crippen LogP contribution >= 0.6 is 11.6 Å². The fraction of sp³-hybridized carbons (Fsp3) is 0.600. The molecule has 0 unspecified atom stereocenters. The molecule has 0 bridgehead atoms. The summed E-state index contributed by atoms with van der Waals surface area (Å²) in [6.45, 7) is 8.94. The van der Waals surface area contributed by atoms with Gasteiger partial charge in [-0.25, -0.2) is 4.98 Å². The fourth-order valence-corrected chi connectivity index (χ4v) is 2.11. The minimum Gasteiger partial charge on any atom is -0.462 e. The van der Waals surface area contributed by atoms with Gasteiger partial charge in [0.15, 0.2) is 0 Å². The lowest BCUT2D eigenvalue weighted by Gasteiger charge is -2.28. The Hall–Kier alpha value is -1.54. The van der Waals surface area contributed by atoms with E-state index in [1.165, 1.54) is 6.07 Å². The van der Waals surface area contributed by atoms with Gasteiger partial charge in [-0.05, 0) is 32.9 Å². The molecule has 0 spiro atoms. The molecule has 0 aromatic carbocycles. The van der Waals surface area contributed by atoms with Gasteiger partial charge in [0.25, 0.3) is 6.47 Å². The number of alkyl halides is 3. The highest BCUT2D eigenvalue weighted by molar-refractivity contribution is 6.30. The van der Waals surface area contributed by atoms with Gasteiger partial charge >= 0.3 is 6.18 Å². The van der Waals surface area contributed by atoms with Crippen LogP contribution in [0.15, 0.2) is 12.1 Å². The third-order valence-electron chi connectivity index (χ3n) is 2.98. The number of nitrogens with zero attached hydrogens (tertiary/aromatic N) is 2. The number of anilines is 1. The second kappa shape index (κ2) is 8.53. The van der Waals surface area contributed by atoms with Gasteiger partial charge in [-0.15, -0.1) is 0 Å². The number of hydrogen-bond donors (Lipinski definition) is 1. The van der Waals surface area contributed by atoms with Gasteiger partial charge in [0.05, 0.1) is 5.56 Å². The number of ether oxygens (including phenoxy) is 1. The van der Waals surface area contributed by atoms with Crippen molar-refractivity contribution in [3.05, 3.63) is 22.8 Å². The molecule has 1 saturated heterocycles. The van der Waals surface area contributed by atoms with E-state index in [-0.39, 0.29) is 5.60 Å². The molecule has 1 aromatic rings. The van der Waals surface area contributed by atoms with Crippen molar-refractivity contribution in [1.82, 2.24) is 10.3 Å². The van der Waals surface area contributed by atoms with E-state index in [1.807, 2.05) is 25.7 Å². The van der Waals surface area contributed by atoms with E-state index in [0.717, 1.165) is 19.2 Å². The van der Waals surface area contributed by atoms with E-state index in [2.05, 4.69) is 15.0 Å². The highest BCUT2D eigenvalue weighted by atomic mass is 35.5. The molecular weight excluding hydrogens is 347 g/mol. The molecule has 0 amide bonds. The molecule has 5 nitrogen and oxygen atoms in total. The summed E-state index contributed by atoms with van der Waals surface area (Å²) < 4.78 is 42.0. The van der Waals surface area contributed by atoms with Crippen LogP contribution in [-0.2, 0) is 15.7 Å². The number of halogens is 4. The summed E-state index contributed by atoms with van der Waals surface area (Å²) in [4.78, 5) is 15.3. The Labute approximate surface area is 144 Å². The molecule has 2 rings (SSSR count). The highest BCUT2D eigenvalue weighted by Gasteiger charge is 2.34. The summed E-state index contributed by atoms with van der Waals surface area (Å²) in [5, 5.41) is 2.66. The van der Waals surface area contributed by atoms with Crippen molar-refractivity contribution >= 4 is 23.9 Å². The summed E-state index contributed by atoms with van der Waals surface area (Å²) in [6, 6.07) is 2.34. The van der Waals surface area contributed by atoms with Crippen LogP contribution < -0.4 is 10.2 Å². The molecular formula is C15H21ClF3N3O2. The average molecular weight is 368 g/mol. The van der Waals surface area contributed by atoms with Crippen LogP contribution in [0.25, 0.3) is 0 Å². The molecule has 1 aromatic heterocycles. The number of nitrogens with one attached hydrogen (secondary N) is 1. The zero-order valence-corrected chi connectivity index (χ0v) is 14.5. The van der Waals surface area contributed by atoms with Crippen LogP contribution in [0.5, 0.6) is 0 Å². The van der Waals surface area contributed by atoms with Crippen molar-refractivity contribution < 1.29 is 22.7 Å². The van der Waals surface area contributed by atoms with Crippen molar-refractivity contribution in [3.63, 3.8) is 0 Å². The lowest BCUT2D eigenvalue weighted by Crippen LogP contribution is -2.43. The molecule has 2 heterocycles. The SMILES string of the molecule is CC(C)(C)OC=O.FC(F)(F)c1ccc(N2CCNCC2)nc1Cl. The summed E-state index contributed by atoms with van der Waals surface area (Å²) in [7, 11) is 0. The monoisotopic (exact) mass is 367 g/mol. The van der Waals surface area contributed by atoms with Crippen LogP contribution in [-0.4, -0.2) is 43.2 Å². The van der Waals surface area contributed by atoms with Crippen LogP contribution in [0.3, 0.4) is 0 Å². The molecule has 0 aliphatic carbocycles. The van der Waals surface area contributed by atoms with E-state index in [0.29, 0.717) is 25.4 Å². The average Bonchev–Trinajstić information content (AvgIpc) is 2.46. The molecule has 9 heteroatoms. The van der Waals surface area contributed by atoms with Crippen LogP contribution in [0.2, 0.25) is 5.15 Å². The quantitative estimate of drug-likeness (QED) is 0.643. The van der Waals surface area contributed by atoms with Crippen molar-refractivity contribution in [2.24, 2.45) is 0 Å². The van der Waals surface area contributed by atoms with Gasteiger partial charge in [0, 0.05) is 26.2 Å². The number of pyridine rings is 1. The first-order valence-electron chi connectivity index (χ1n) is 7.35. The summed E-state index contributed by atoms with van der Waals surface area (Å²) in [5.41, 5.74) is -1.21. The van der Waals surface area contributed by atoms with Gasteiger partial charge in [-0.1, -0.05) is 11.6 Å². The number of carbonyl (C=O) groups is 1. The number of hydrogen-bond acceptors (Lipinski definition) is 5. The van der Waals surface area contributed by atoms with Crippen LogP contribution in [0.1, 0.15) is 26.3 Å². The van der Waals surface area contributed by atoms with E-state index in [9.17, 15) is 18.0 Å². The molecule has 136 valence electrons. The number of rotatable bonds is 2. The van der Waals surface area contributed by atoms with Crippen molar-refractivity contribution in [3.8, 4) is 0 Å². The zero-order chi connectivity index (χ0) is 18.4. The Kier molecular flexibility index (Phi) is 7.28. The Bertz CT molecular complexity index is 542. The molecule has 0 radical (unpaired) electrons. The van der Waals surface area contributed by atoms with Crippen LogP contribution in [0.4, 0.5) is 19.0 Å². The molecule has 0 saturated carbocycles. The minimum absolute atomic E-state index is 0.318. The van der Waals surface area contributed by atoms with Crippen molar-refractivity contribution in [1.29, 1.82) is 0 Å². The first-order valence-corrected chi connectivity index (χ1v) is 7.73. The van der Waals surface area contributed by atoms with Crippen molar-refractivity contribution in [2.75, 3.05) is 31.1 Å². The summed E-state index contributed by atoms with van der Waals surface area (Å²) in [6.07, 6.45) is -4.45. The topological polar surface area (TPSA) is 54.5 Å². The fourth-order valence-electron chi connectivity index (χ4n) is 1.85. The summed E-state index contributed by atoms with van der Waals surface area (Å²) in [5.74, 6) is 0.490. The normalized spacial score (nSPS) is 15.4. The number of carbonyl (C=O) groups excluding carboxylic acids is 1. The minimum atomic E-state index is -4.45. The third-order valence-corrected chi connectivity index (χ3v) is 3.27. The van der Waals surface area contributed by atoms with Gasteiger partial charge in [0.2, 0.25) is 0 Å². The molecule has 24 heavy (non-hydrogen) atoms. The third kappa shape index (κ3) is 6.92. The van der Waals surface area contributed by atoms with E-state index in [4.69, 9.17) is 11.6 Å². The van der Waals surface area contributed by atoms with Crippen LogP contribution in [0, 0.1) is 0 Å². The van der Waals surface area contributed by atoms with Gasteiger partial charge in [-0.3, -0.25) is 4.79 Å². The van der Waals surface area contributed by atoms with E-state index in [1.54, 1.807) is 0 Å². The predicted octanol–water partition coefficient (Wildman–Crippen LogP) is 3.12. The standard InChI is InChI=1S/C10H11ClF3N3.C5H10O2/c11-9-7(10(12,13)14)1-2-8(16-9)17-5-3-15-4-6-17;1-5(2,3)7-4-6/h1-2,15H,3-6H2;4H,1-3H3. The first kappa shape index (κ1) is 20.5. The summed E-state index contributed by atoms with van der Waals surface area (Å²) >= 11 is 5.56. The van der Waals surface area contributed by atoms with Gasteiger partial charge < -0.3 is 15.0 Å². The Morgan fingerprint density at radius 1 is 1.25 bits per heavy atom. The van der Waals surface area contributed by atoms with Gasteiger partial charge in [-0.2, -0.15) is 13.2 Å². The molecule has 1 aliphatic rings. The Balaban J connectivity index is 0.000000351. The molecule has 1 aliphatic heterocycles. The number of aromatic nitrogens is 1. The maximum Gasteiger partial charge on any atom is 0.419 e. The van der Waals surface area contributed by atoms with E-state index < -0.39 is 16.9 Å². The second-order valence-electron chi connectivity index (χ2n) is 6.07. The molecule has 1 N–H and O–H groups in total. The van der Waals surface area contributed by atoms with Gasteiger partial charge in [0.1, 0.15) is 16.6 Å². The Morgan fingerprint density at radius 2 is 1.83 bits per heavy atom. The van der Waals surface area contributed by atoms with Crippen molar-refractivity contribution in [2.45, 2.75) is 32.5 Å². The lowest BCUT2D eigenvalue weighted by molar-refractivity contribution is -0.139. The predicted molar refractivity (Wildman–Crippen MR) is 86.2 cm³/mol. The largest absolute Gasteiger partial charge is 0.462 e. The smallest absolute Gasteiger partial charge is 0.419 e. The highest BCUT2D eigenvalue weighted by Crippen LogP contribution is 2.34. The first-order chi connectivity index (χ1) is 11.0. The lowest BCUT2D eigenvalue weighted by atomic mass is 10.2. The number of piperazine rings is 1. The maximum absolute atomic E-state index is 12.5. The maximum atomic E-state index is 12.5. The molecule has 0 atom stereocenters. The zero-order valence-electron chi connectivity index (χ0n) is 13.8. The molecule has 1 fully saturated rings.